The second kappa shape index (κ2) is 8.12. The number of sulfonamides is 1. The van der Waals surface area contributed by atoms with Crippen LogP contribution in [0.5, 0.6) is 0 Å². The molecule has 1 aromatic heterocycles. The number of benzene rings is 3. The number of hydrogen-bond acceptors (Lipinski definition) is 5. The molecule has 0 radical (unpaired) electrons. The standard InChI is InChI=1S/C23H21N3O3S/c1-16(2)17-10-14-21(15-11-17)30(27,28)26-20-12-8-19(9-13-20)23-25-24-22(29-23)18-6-4-3-5-7-18/h3-16,26H,1-2H3. The first-order valence-electron chi connectivity index (χ1n) is 9.54. The SMILES string of the molecule is CC(C)c1ccc(S(=O)(=O)Nc2ccc(-c3nnc(-c4ccccc4)o3)cc2)cc1. The zero-order valence-electron chi connectivity index (χ0n) is 16.6. The van der Waals surface area contributed by atoms with Crippen molar-refractivity contribution < 1.29 is 12.8 Å². The summed E-state index contributed by atoms with van der Waals surface area (Å²) in [6.07, 6.45) is 0. The van der Waals surface area contributed by atoms with Gasteiger partial charge in [-0.3, -0.25) is 4.72 Å². The number of anilines is 1. The van der Waals surface area contributed by atoms with Crippen molar-refractivity contribution in [3.05, 3.63) is 84.4 Å². The van der Waals surface area contributed by atoms with Crippen LogP contribution in [0.4, 0.5) is 5.69 Å². The Morgan fingerprint density at radius 3 is 1.90 bits per heavy atom. The zero-order valence-corrected chi connectivity index (χ0v) is 17.4. The maximum atomic E-state index is 12.6. The van der Waals surface area contributed by atoms with Gasteiger partial charge in [-0.15, -0.1) is 10.2 Å². The predicted molar refractivity (Wildman–Crippen MR) is 117 cm³/mol. The van der Waals surface area contributed by atoms with E-state index in [4.69, 9.17) is 4.42 Å². The zero-order chi connectivity index (χ0) is 21.1. The van der Waals surface area contributed by atoms with Crippen LogP contribution in [0.15, 0.2) is 88.2 Å². The van der Waals surface area contributed by atoms with E-state index >= 15 is 0 Å². The molecule has 3 aromatic carbocycles. The minimum Gasteiger partial charge on any atom is -0.416 e. The Hall–Kier alpha value is -3.45. The van der Waals surface area contributed by atoms with Gasteiger partial charge < -0.3 is 4.42 Å². The molecule has 4 aromatic rings. The Morgan fingerprint density at radius 1 is 0.767 bits per heavy atom. The summed E-state index contributed by atoms with van der Waals surface area (Å²) in [5, 5.41) is 8.16. The van der Waals surface area contributed by atoms with E-state index in [9.17, 15) is 8.42 Å². The first-order chi connectivity index (χ1) is 14.4. The largest absolute Gasteiger partial charge is 0.416 e. The summed E-state index contributed by atoms with van der Waals surface area (Å²) in [6, 6.07) is 23.2. The number of nitrogens with zero attached hydrogens (tertiary/aromatic N) is 2. The molecule has 0 fully saturated rings. The van der Waals surface area contributed by atoms with Gasteiger partial charge in [-0.2, -0.15) is 0 Å². The van der Waals surface area contributed by atoms with Crippen LogP contribution in [0.25, 0.3) is 22.9 Å². The lowest BCUT2D eigenvalue weighted by molar-refractivity contribution is 0.584. The van der Waals surface area contributed by atoms with Crippen LogP contribution < -0.4 is 4.72 Å². The van der Waals surface area contributed by atoms with Gasteiger partial charge in [0.2, 0.25) is 11.8 Å². The smallest absolute Gasteiger partial charge is 0.261 e. The van der Waals surface area contributed by atoms with Crippen LogP contribution in [0.1, 0.15) is 25.3 Å². The predicted octanol–water partition coefficient (Wildman–Crippen LogP) is 5.33. The van der Waals surface area contributed by atoms with E-state index in [1.807, 2.05) is 42.5 Å². The van der Waals surface area contributed by atoms with Gasteiger partial charge in [0.1, 0.15) is 0 Å². The molecule has 0 spiro atoms. The fourth-order valence-corrected chi connectivity index (χ4v) is 4.02. The van der Waals surface area contributed by atoms with Crippen molar-refractivity contribution >= 4 is 15.7 Å². The summed E-state index contributed by atoms with van der Waals surface area (Å²) in [4.78, 5) is 0.223. The summed E-state index contributed by atoms with van der Waals surface area (Å²) in [5.74, 6) is 1.14. The highest BCUT2D eigenvalue weighted by molar-refractivity contribution is 7.92. The van der Waals surface area contributed by atoms with E-state index in [0.29, 0.717) is 29.0 Å². The van der Waals surface area contributed by atoms with E-state index in [2.05, 4.69) is 28.8 Å². The van der Waals surface area contributed by atoms with E-state index in [1.54, 1.807) is 36.4 Å². The molecule has 0 amide bonds. The molecule has 0 unspecified atom stereocenters. The van der Waals surface area contributed by atoms with Gasteiger partial charge in [0.05, 0.1) is 4.90 Å². The molecule has 0 aliphatic carbocycles. The molecule has 7 heteroatoms. The van der Waals surface area contributed by atoms with Crippen LogP contribution in [0.3, 0.4) is 0 Å². The third-order valence-electron chi connectivity index (χ3n) is 4.69. The number of hydrogen-bond donors (Lipinski definition) is 1. The molecule has 1 N–H and O–H groups in total. The Labute approximate surface area is 175 Å². The molecule has 0 aliphatic heterocycles. The third-order valence-corrected chi connectivity index (χ3v) is 6.08. The third kappa shape index (κ3) is 4.26. The Balaban J connectivity index is 1.50. The van der Waals surface area contributed by atoms with Crippen molar-refractivity contribution in [2.24, 2.45) is 0 Å². The molecule has 0 saturated carbocycles. The van der Waals surface area contributed by atoms with Gasteiger partial charge in [-0.1, -0.05) is 44.2 Å². The summed E-state index contributed by atoms with van der Waals surface area (Å²) in [7, 11) is -3.67. The van der Waals surface area contributed by atoms with Crippen molar-refractivity contribution in [3.8, 4) is 22.9 Å². The van der Waals surface area contributed by atoms with Gasteiger partial charge in [-0.05, 0) is 60.0 Å². The van der Waals surface area contributed by atoms with Crippen LogP contribution in [0.2, 0.25) is 0 Å². The lowest BCUT2D eigenvalue weighted by atomic mass is 10.0. The molecule has 0 atom stereocenters. The summed E-state index contributed by atoms with van der Waals surface area (Å²) in [5.41, 5.74) is 3.08. The summed E-state index contributed by atoms with van der Waals surface area (Å²) < 4.78 is 33.6. The number of rotatable bonds is 6. The molecule has 0 saturated heterocycles. The normalized spacial score (nSPS) is 11.6. The van der Waals surface area contributed by atoms with E-state index in [0.717, 1.165) is 11.1 Å². The monoisotopic (exact) mass is 419 g/mol. The van der Waals surface area contributed by atoms with Gasteiger partial charge in [0, 0.05) is 16.8 Å². The topological polar surface area (TPSA) is 85.1 Å². The van der Waals surface area contributed by atoms with E-state index < -0.39 is 10.0 Å². The minimum atomic E-state index is -3.67. The second-order valence-corrected chi connectivity index (χ2v) is 8.87. The van der Waals surface area contributed by atoms with Crippen molar-refractivity contribution in [2.45, 2.75) is 24.7 Å². The van der Waals surface area contributed by atoms with Gasteiger partial charge >= 0.3 is 0 Å². The lowest BCUT2D eigenvalue weighted by Gasteiger charge is -2.10. The Bertz CT molecular complexity index is 1230. The molecule has 152 valence electrons. The van der Waals surface area contributed by atoms with Crippen LogP contribution in [0, 0.1) is 0 Å². The van der Waals surface area contributed by atoms with Crippen LogP contribution >= 0.6 is 0 Å². The highest BCUT2D eigenvalue weighted by atomic mass is 32.2. The van der Waals surface area contributed by atoms with E-state index in [1.165, 1.54) is 0 Å². The minimum absolute atomic E-state index is 0.223. The quantitative estimate of drug-likeness (QED) is 0.457. The molecule has 0 aliphatic rings. The lowest BCUT2D eigenvalue weighted by Crippen LogP contribution is -2.12. The average Bonchev–Trinajstić information content (AvgIpc) is 3.25. The Kier molecular flexibility index (Phi) is 5.37. The van der Waals surface area contributed by atoms with Crippen molar-refractivity contribution in [1.29, 1.82) is 0 Å². The second-order valence-electron chi connectivity index (χ2n) is 7.18. The average molecular weight is 420 g/mol. The molecule has 4 rings (SSSR count). The van der Waals surface area contributed by atoms with Crippen molar-refractivity contribution in [3.63, 3.8) is 0 Å². The van der Waals surface area contributed by atoms with E-state index in [-0.39, 0.29) is 4.90 Å². The molecule has 30 heavy (non-hydrogen) atoms. The van der Waals surface area contributed by atoms with Crippen molar-refractivity contribution in [2.75, 3.05) is 4.72 Å². The summed E-state index contributed by atoms with van der Waals surface area (Å²) >= 11 is 0. The first-order valence-corrected chi connectivity index (χ1v) is 11.0. The summed E-state index contributed by atoms with van der Waals surface area (Å²) in [6.45, 7) is 4.13. The maximum absolute atomic E-state index is 12.6. The number of nitrogens with one attached hydrogen (secondary N) is 1. The van der Waals surface area contributed by atoms with Gasteiger partial charge in [0.15, 0.2) is 0 Å². The van der Waals surface area contributed by atoms with Crippen molar-refractivity contribution in [1.82, 2.24) is 10.2 Å². The fraction of sp³-hybridized carbons (Fsp3) is 0.130. The molecular weight excluding hydrogens is 398 g/mol. The Morgan fingerprint density at radius 2 is 1.33 bits per heavy atom. The molecule has 1 heterocycles. The van der Waals surface area contributed by atoms with Crippen LogP contribution in [-0.2, 0) is 10.0 Å². The maximum Gasteiger partial charge on any atom is 0.261 e. The highest BCUT2D eigenvalue weighted by Gasteiger charge is 2.15. The first kappa shape index (κ1) is 19.8. The molecule has 6 nitrogen and oxygen atoms in total. The number of aromatic nitrogens is 2. The molecule has 0 bridgehead atoms. The van der Waals surface area contributed by atoms with Gasteiger partial charge in [-0.25, -0.2) is 8.42 Å². The molecular formula is C23H21N3O3S. The van der Waals surface area contributed by atoms with Crippen LogP contribution in [-0.4, -0.2) is 18.6 Å². The van der Waals surface area contributed by atoms with Gasteiger partial charge in [0.25, 0.3) is 10.0 Å². The fourth-order valence-electron chi connectivity index (χ4n) is 2.96. The highest BCUT2D eigenvalue weighted by Crippen LogP contribution is 2.26.